The molecule has 2 rings (SSSR count). The van der Waals surface area contributed by atoms with E-state index in [4.69, 9.17) is 18.6 Å². The first-order valence-electron chi connectivity index (χ1n) is 4.42. The van der Waals surface area contributed by atoms with Gasteiger partial charge in [-0.3, -0.25) is 9.97 Å². The molecule has 0 unspecified atom stereocenters. The van der Waals surface area contributed by atoms with Gasteiger partial charge in [-0.2, -0.15) is 14.0 Å². The Morgan fingerprint density at radius 3 is 1.39 bits per heavy atom. The summed E-state index contributed by atoms with van der Waals surface area (Å²) in [6, 6.07) is 11.6. The number of hydrogen-bond acceptors (Lipinski definition) is 6. The van der Waals surface area contributed by atoms with Crippen molar-refractivity contribution in [2.45, 2.75) is 0 Å². The minimum atomic E-state index is -4.69. The number of halogens is 1. The fourth-order valence-electron chi connectivity index (χ4n) is 1.03. The molecule has 18 heavy (non-hydrogen) atoms. The molecule has 2 heterocycles. The zero-order chi connectivity index (χ0) is 12.7. The quantitative estimate of drug-likeness (QED) is 0.610. The predicted octanol–water partition coefficient (Wildman–Crippen LogP) is -1.98. The van der Waals surface area contributed by atoms with Crippen LogP contribution in [0.4, 0.5) is 0 Å². The van der Waals surface area contributed by atoms with E-state index in [1.165, 1.54) is 0 Å². The number of hydrogen-bond donors (Lipinski definition) is 1. The molecule has 2 aromatic heterocycles. The number of pyridine rings is 2. The van der Waals surface area contributed by atoms with Gasteiger partial charge in [0.15, 0.2) is 0 Å². The summed E-state index contributed by atoms with van der Waals surface area (Å²) in [5.41, 5.74) is 1.83. The maximum absolute atomic E-state index is 8.60. The molecule has 8 heteroatoms. The molecule has 0 radical (unpaired) electrons. The number of nitrogens with zero attached hydrogens (tertiary/aromatic N) is 2. The maximum Gasteiger partial charge on any atom is 0.0886 e. The third-order valence-electron chi connectivity index (χ3n) is 1.59. The molecule has 0 fully saturated rings. The summed E-state index contributed by atoms with van der Waals surface area (Å²) in [5.74, 6) is 0. The molecule has 0 aliphatic heterocycles. The maximum atomic E-state index is 8.60. The van der Waals surface area contributed by atoms with Crippen molar-refractivity contribution in [3.8, 4) is 11.4 Å². The number of rotatable bonds is 1. The van der Waals surface area contributed by atoms with Crippen molar-refractivity contribution in [1.29, 1.82) is 0 Å². The van der Waals surface area contributed by atoms with Crippen LogP contribution in [-0.4, -0.2) is 14.6 Å². The minimum absolute atomic E-state index is 0. The van der Waals surface area contributed by atoms with E-state index in [9.17, 15) is 0 Å². The molecule has 2 aromatic rings. The van der Waals surface area contributed by atoms with E-state index in [-0.39, 0.29) is 17.1 Å². The minimum Gasteiger partial charge on any atom is -0.255 e. The Morgan fingerprint density at radius 2 is 1.17 bits per heavy atom. The van der Waals surface area contributed by atoms with Crippen LogP contribution in [0.5, 0.6) is 0 Å². The third-order valence-corrected chi connectivity index (χ3v) is 1.59. The number of aromatic nitrogens is 2. The second-order valence-electron chi connectivity index (χ2n) is 2.83. The van der Waals surface area contributed by atoms with Crippen LogP contribution in [0.1, 0.15) is 0 Å². The van der Waals surface area contributed by atoms with Crippen LogP contribution in [0, 0.1) is 10.2 Å². The van der Waals surface area contributed by atoms with Crippen molar-refractivity contribution in [2.24, 2.45) is 0 Å². The second-order valence-corrected chi connectivity index (χ2v) is 3.62. The van der Waals surface area contributed by atoms with Crippen LogP contribution in [0.25, 0.3) is 11.4 Å². The Kier molecular flexibility index (Phi) is 7.65. The molecule has 0 amide bonds. The van der Waals surface area contributed by atoms with Crippen LogP contribution in [-0.2, 0) is 17.1 Å². The third kappa shape index (κ3) is 8.10. The Bertz CT molecular complexity index is 395. The Balaban J connectivity index is 0.000000421. The first-order valence-corrected chi connectivity index (χ1v) is 5.69. The van der Waals surface area contributed by atoms with E-state index in [0.29, 0.717) is 0 Å². The van der Waals surface area contributed by atoms with Crippen molar-refractivity contribution in [3.05, 3.63) is 48.8 Å². The topological polar surface area (TPSA) is 115 Å². The van der Waals surface area contributed by atoms with Gasteiger partial charge in [0.05, 0.1) is 26.3 Å². The predicted molar refractivity (Wildman–Crippen MR) is 49.7 cm³/mol. The molecule has 0 aliphatic rings. The van der Waals surface area contributed by atoms with Crippen LogP contribution in [0.3, 0.4) is 0 Å². The molecule has 0 bridgehead atoms. The Hall–Kier alpha value is -1.05. The summed E-state index contributed by atoms with van der Waals surface area (Å²) in [5, 5.41) is 0. The van der Waals surface area contributed by atoms with Gasteiger partial charge in [0, 0.05) is 29.5 Å². The van der Waals surface area contributed by atoms with E-state index < -0.39 is 10.2 Å². The fraction of sp³-hybridized carbons (Fsp3) is 0. The molecule has 0 spiro atoms. The van der Waals surface area contributed by atoms with Crippen molar-refractivity contribution in [1.82, 2.24) is 9.97 Å². The fourth-order valence-corrected chi connectivity index (χ4v) is 1.03. The summed E-state index contributed by atoms with van der Waals surface area (Å²) in [7, 11) is -4.69. The van der Waals surface area contributed by atoms with Gasteiger partial charge in [-0.25, -0.2) is 0 Å². The van der Waals surface area contributed by atoms with Crippen LogP contribution < -0.4 is 14.0 Å². The molecule has 0 atom stereocenters. The van der Waals surface area contributed by atoms with Crippen LogP contribution >= 0.6 is 0 Å². The zero-order valence-corrected chi connectivity index (χ0v) is 10.8. The normalized spacial score (nSPS) is 9.78. The zero-order valence-electron chi connectivity index (χ0n) is 8.92. The van der Waals surface area contributed by atoms with Gasteiger partial charge in [0.1, 0.15) is 0 Å². The Morgan fingerprint density at radius 1 is 0.833 bits per heavy atom. The summed E-state index contributed by atoms with van der Waals surface area (Å²) in [4.78, 5) is 8.37. The molecular formula is C10H9ClFeN2O4. The van der Waals surface area contributed by atoms with Gasteiger partial charge in [0.2, 0.25) is 0 Å². The van der Waals surface area contributed by atoms with Gasteiger partial charge in [0.25, 0.3) is 0 Å². The van der Waals surface area contributed by atoms with Crippen molar-refractivity contribution >= 4 is 0 Å². The smallest absolute Gasteiger partial charge is 0.0886 e. The first-order chi connectivity index (χ1) is 7.97. The monoisotopic (exact) mass is 312 g/mol. The van der Waals surface area contributed by atoms with E-state index in [2.05, 4.69) is 9.97 Å². The Labute approximate surface area is 116 Å². The average Bonchev–Trinajstić information content (AvgIpc) is 2.29. The summed E-state index contributed by atoms with van der Waals surface area (Å²) in [6.45, 7) is 0. The molecule has 1 N–H and O–H groups in total. The summed E-state index contributed by atoms with van der Waals surface area (Å²) in [6.07, 6.45) is 3.54. The van der Waals surface area contributed by atoms with Crippen molar-refractivity contribution in [3.63, 3.8) is 0 Å². The molecule has 98 valence electrons. The van der Waals surface area contributed by atoms with Gasteiger partial charge in [-0.1, -0.05) is 12.1 Å². The molecular weight excluding hydrogens is 303 g/mol. The van der Waals surface area contributed by atoms with E-state index in [1.807, 2.05) is 36.4 Å². The van der Waals surface area contributed by atoms with Crippen LogP contribution in [0.15, 0.2) is 48.8 Å². The molecule has 0 saturated carbocycles. The standard InChI is InChI=1S/C10H8N2.ClHO4.Fe/c1-3-7-11-9(5-1)10-6-2-4-8-12-10;2-1(3,4)5;/h1-8H;(H,2,3,4,5);. The molecule has 6 nitrogen and oxygen atoms in total. The van der Waals surface area contributed by atoms with Gasteiger partial charge >= 0.3 is 0 Å². The summed E-state index contributed by atoms with van der Waals surface area (Å²) >= 11 is 0. The molecule has 0 aromatic carbocycles. The SMILES string of the molecule is [Fe].[O-][Cl+3]([O-])([O-])O.c1ccc(-c2ccccn2)nc1. The van der Waals surface area contributed by atoms with E-state index in [0.717, 1.165) is 11.4 Å². The summed E-state index contributed by atoms with van der Waals surface area (Å²) < 4.78 is 32.7. The van der Waals surface area contributed by atoms with Gasteiger partial charge in [-0.05, 0) is 24.3 Å². The molecule has 0 aliphatic carbocycles. The van der Waals surface area contributed by atoms with Crippen molar-refractivity contribution in [2.75, 3.05) is 0 Å². The average molecular weight is 312 g/mol. The van der Waals surface area contributed by atoms with E-state index in [1.54, 1.807) is 12.4 Å². The molecule has 0 saturated heterocycles. The van der Waals surface area contributed by atoms with Crippen LogP contribution in [0.2, 0.25) is 0 Å². The van der Waals surface area contributed by atoms with Gasteiger partial charge < -0.3 is 0 Å². The largest absolute Gasteiger partial charge is 0.255 e. The van der Waals surface area contributed by atoms with E-state index >= 15 is 0 Å². The van der Waals surface area contributed by atoms with Crippen molar-refractivity contribution < 1.29 is 45.9 Å². The first kappa shape index (κ1) is 16.9. The second kappa shape index (κ2) is 8.12. The van der Waals surface area contributed by atoms with Gasteiger partial charge in [-0.15, -0.1) is 0 Å².